The van der Waals surface area contributed by atoms with Gasteiger partial charge in [-0.15, -0.1) is 0 Å². The highest BCUT2D eigenvalue weighted by Gasteiger charge is 2.17. The summed E-state index contributed by atoms with van der Waals surface area (Å²) >= 11 is 1.30. The molecule has 0 aliphatic carbocycles. The highest BCUT2D eigenvalue weighted by Crippen LogP contribution is 2.27. The molecule has 0 fully saturated rings. The number of nitrogens with zero attached hydrogens (tertiary/aromatic N) is 3. The molecule has 1 amide bonds. The number of nitrogen functional groups attached to an aromatic ring is 1. The molecule has 0 aliphatic heterocycles. The first-order valence-electron chi connectivity index (χ1n) is 6.26. The number of pyridine rings is 1. The van der Waals surface area contributed by atoms with Crippen LogP contribution in [0.25, 0.3) is 0 Å². The van der Waals surface area contributed by atoms with Crippen molar-refractivity contribution in [2.24, 2.45) is 0 Å². The molecular weight excluding hydrogens is 274 g/mol. The molecule has 2 rings (SSSR count). The number of hydrogen-bond donors (Lipinski definition) is 2. The van der Waals surface area contributed by atoms with E-state index in [-0.39, 0.29) is 11.7 Å². The van der Waals surface area contributed by atoms with Crippen LogP contribution in [-0.2, 0) is 6.54 Å². The van der Waals surface area contributed by atoms with Crippen molar-refractivity contribution in [1.82, 2.24) is 15.3 Å². The Labute approximate surface area is 121 Å². The molecule has 0 aromatic carbocycles. The van der Waals surface area contributed by atoms with Gasteiger partial charge in [0.2, 0.25) is 0 Å². The minimum Gasteiger partial charge on any atom is -0.382 e. The zero-order valence-electron chi connectivity index (χ0n) is 11.5. The van der Waals surface area contributed by atoms with Crippen LogP contribution in [0.15, 0.2) is 24.5 Å². The van der Waals surface area contributed by atoms with Crippen LogP contribution in [-0.4, -0.2) is 29.5 Å². The Balaban J connectivity index is 2.04. The van der Waals surface area contributed by atoms with Crippen LogP contribution in [0, 0.1) is 0 Å². The molecule has 0 bridgehead atoms. The summed E-state index contributed by atoms with van der Waals surface area (Å²) in [5, 5.41) is 3.57. The van der Waals surface area contributed by atoms with Crippen molar-refractivity contribution in [2.75, 3.05) is 24.2 Å². The number of carbonyl (C=O) groups is 1. The Bertz CT molecular complexity index is 584. The van der Waals surface area contributed by atoms with Gasteiger partial charge < -0.3 is 16.0 Å². The lowest BCUT2D eigenvalue weighted by atomic mass is 10.3. The third kappa shape index (κ3) is 3.24. The van der Waals surface area contributed by atoms with Gasteiger partial charge in [-0.2, -0.15) is 0 Å². The van der Waals surface area contributed by atoms with Gasteiger partial charge in [0, 0.05) is 32.5 Å². The lowest BCUT2D eigenvalue weighted by Crippen LogP contribution is -2.22. The number of thiazole rings is 1. The van der Waals surface area contributed by atoms with Crippen molar-refractivity contribution in [3.05, 3.63) is 35.0 Å². The molecule has 0 radical (unpaired) electrons. The number of aromatic nitrogens is 2. The maximum atomic E-state index is 12.1. The van der Waals surface area contributed by atoms with Crippen molar-refractivity contribution >= 4 is 28.2 Å². The molecule has 20 heavy (non-hydrogen) atoms. The van der Waals surface area contributed by atoms with Crippen LogP contribution in [0.1, 0.15) is 22.2 Å². The molecule has 0 atom stereocenters. The average molecular weight is 291 g/mol. The number of hydrogen-bond acceptors (Lipinski definition) is 6. The summed E-state index contributed by atoms with van der Waals surface area (Å²) in [6, 6.07) is 3.73. The number of nitrogens with one attached hydrogen (secondary N) is 1. The molecule has 2 aromatic rings. The number of amides is 1. The molecule has 0 unspecified atom stereocenters. The molecule has 0 aliphatic rings. The summed E-state index contributed by atoms with van der Waals surface area (Å²) in [5.74, 6) is 0.0635. The number of carbonyl (C=O) groups excluding carboxylic acids is 1. The second-order valence-electron chi connectivity index (χ2n) is 4.27. The zero-order valence-corrected chi connectivity index (χ0v) is 12.3. The second kappa shape index (κ2) is 6.33. The smallest absolute Gasteiger partial charge is 0.265 e. The standard InChI is InChI=1S/C13H17N5OS/c1-3-18(2)13-17-11(14)10(20-13)12(19)16-8-9-5-4-6-15-7-9/h4-7H,3,8,14H2,1-2H3,(H,16,19). The van der Waals surface area contributed by atoms with Crippen molar-refractivity contribution in [3.63, 3.8) is 0 Å². The number of anilines is 2. The Morgan fingerprint density at radius 1 is 1.55 bits per heavy atom. The predicted molar refractivity (Wildman–Crippen MR) is 80.9 cm³/mol. The van der Waals surface area contributed by atoms with Crippen LogP contribution in [0.5, 0.6) is 0 Å². The van der Waals surface area contributed by atoms with Crippen LogP contribution < -0.4 is 16.0 Å². The van der Waals surface area contributed by atoms with E-state index in [1.807, 2.05) is 31.0 Å². The van der Waals surface area contributed by atoms with E-state index in [1.165, 1.54) is 11.3 Å². The van der Waals surface area contributed by atoms with Crippen molar-refractivity contribution in [1.29, 1.82) is 0 Å². The SMILES string of the molecule is CCN(C)c1nc(N)c(C(=O)NCc2cccnc2)s1. The van der Waals surface area contributed by atoms with E-state index in [9.17, 15) is 4.79 Å². The molecule has 3 N–H and O–H groups in total. The lowest BCUT2D eigenvalue weighted by molar-refractivity contribution is 0.0955. The first-order valence-corrected chi connectivity index (χ1v) is 7.08. The Hall–Kier alpha value is -2.15. The van der Waals surface area contributed by atoms with Crippen molar-refractivity contribution in [2.45, 2.75) is 13.5 Å². The minimum atomic E-state index is -0.209. The normalized spacial score (nSPS) is 10.3. The largest absolute Gasteiger partial charge is 0.382 e. The number of rotatable bonds is 5. The Kier molecular flexibility index (Phi) is 4.52. The van der Waals surface area contributed by atoms with E-state index < -0.39 is 0 Å². The number of nitrogens with two attached hydrogens (primary N) is 1. The van der Waals surface area contributed by atoms with Gasteiger partial charge in [-0.3, -0.25) is 9.78 Å². The van der Waals surface area contributed by atoms with Crippen LogP contribution in [0.2, 0.25) is 0 Å². The maximum absolute atomic E-state index is 12.1. The third-order valence-corrected chi connectivity index (χ3v) is 4.01. The van der Waals surface area contributed by atoms with Gasteiger partial charge in [-0.05, 0) is 18.6 Å². The summed E-state index contributed by atoms with van der Waals surface area (Å²) in [6.07, 6.45) is 3.41. The molecule has 7 heteroatoms. The molecule has 0 saturated carbocycles. The molecule has 0 saturated heterocycles. The van der Waals surface area contributed by atoms with Gasteiger partial charge in [0.25, 0.3) is 5.91 Å². The van der Waals surface area contributed by atoms with Gasteiger partial charge >= 0.3 is 0 Å². The third-order valence-electron chi connectivity index (χ3n) is 2.83. The predicted octanol–water partition coefficient (Wildman–Crippen LogP) is 1.51. The highest BCUT2D eigenvalue weighted by molar-refractivity contribution is 7.18. The fourth-order valence-corrected chi connectivity index (χ4v) is 2.47. The van der Waals surface area contributed by atoms with Crippen LogP contribution >= 0.6 is 11.3 Å². The first-order chi connectivity index (χ1) is 9.61. The van der Waals surface area contributed by atoms with E-state index in [0.717, 1.165) is 17.2 Å². The van der Waals surface area contributed by atoms with E-state index in [0.29, 0.717) is 11.4 Å². The molecular formula is C13H17N5OS. The molecule has 106 valence electrons. The van der Waals surface area contributed by atoms with Gasteiger partial charge in [-0.25, -0.2) is 4.98 Å². The topological polar surface area (TPSA) is 84.1 Å². The van der Waals surface area contributed by atoms with E-state index in [4.69, 9.17) is 5.73 Å². The fourth-order valence-electron chi connectivity index (χ4n) is 1.55. The quantitative estimate of drug-likeness (QED) is 0.872. The minimum absolute atomic E-state index is 0.209. The fraction of sp³-hybridized carbons (Fsp3) is 0.308. The Morgan fingerprint density at radius 2 is 2.35 bits per heavy atom. The van der Waals surface area contributed by atoms with Gasteiger partial charge in [-0.1, -0.05) is 17.4 Å². The summed E-state index contributed by atoms with van der Waals surface area (Å²) in [6.45, 7) is 3.24. The molecule has 2 aromatic heterocycles. The molecule has 2 heterocycles. The van der Waals surface area contributed by atoms with Crippen LogP contribution in [0.3, 0.4) is 0 Å². The van der Waals surface area contributed by atoms with E-state index in [2.05, 4.69) is 15.3 Å². The maximum Gasteiger partial charge on any atom is 0.265 e. The van der Waals surface area contributed by atoms with Gasteiger partial charge in [0.05, 0.1) is 0 Å². The Morgan fingerprint density at radius 3 is 3.00 bits per heavy atom. The van der Waals surface area contributed by atoms with Crippen molar-refractivity contribution in [3.8, 4) is 0 Å². The zero-order chi connectivity index (χ0) is 14.5. The van der Waals surface area contributed by atoms with Gasteiger partial charge in [0.15, 0.2) is 5.13 Å². The van der Waals surface area contributed by atoms with Crippen LogP contribution in [0.4, 0.5) is 10.9 Å². The summed E-state index contributed by atoms with van der Waals surface area (Å²) in [7, 11) is 1.91. The van der Waals surface area contributed by atoms with Gasteiger partial charge in [0.1, 0.15) is 10.7 Å². The highest BCUT2D eigenvalue weighted by atomic mass is 32.1. The monoisotopic (exact) mass is 291 g/mol. The second-order valence-corrected chi connectivity index (χ2v) is 5.25. The summed E-state index contributed by atoms with van der Waals surface area (Å²) in [5.41, 5.74) is 6.74. The van der Waals surface area contributed by atoms with Crippen molar-refractivity contribution < 1.29 is 4.79 Å². The lowest BCUT2D eigenvalue weighted by Gasteiger charge is -2.10. The summed E-state index contributed by atoms with van der Waals surface area (Å²) < 4.78 is 0. The molecule has 6 nitrogen and oxygen atoms in total. The summed E-state index contributed by atoms with van der Waals surface area (Å²) in [4.78, 5) is 22.7. The van der Waals surface area contributed by atoms with E-state index in [1.54, 1.807) is 12.4 Å². The molecule has 0 spiro atoms. The first kappa shape index (κ1) is 14.3. The van der Waals surface area contributed by atoms with E-state index >= 15 is 0 Å². The average Bonchev–Trinajstić information content (AvgIpc) is 2.87.